The number of carbonyl (C=O) groups excluding carboxylic acids is 2. The number of methoxy groups -OCH3 is 1. The first kappa shape index (κ1) is 21.7. The van der Waals surface area contributed by atoms with Crippen molar-refractivity contribution in [1.82, 2.24) is 0 Å². The van der Waals surface area contributed by atoms with Gasteiger partial charge in [-0.2, -0.15) is 5.26 Å². The Hall–Kier alpha value is -3.59. The Morgan fingerprint density at radius 2 is 1.83 bits per heavy atom. The number of hydrogen-bond acceptors (Lipinski definition) is 6. The van der Waals surface area contributed by atoms with Gasteiger partial charge < -0.3 is 14.2 Å². The Morgan fingerprint density at radius 1 is 1.10 bits per heavy atom. The molecule has 0 heterocycles. The highest BCUT2D eigenvalue weighted by molar-refractivity contribution is 5.97. The van der Waals surface area contributed by atoms with Crippen molar-refractivity contribution < 1.29 is 23.8 Å². The third-order valence-corrected chi connectivity index (χ3v) is 3.97. The van der Waals surface area contributed by atoms with Gasteiger partial charge in [0, 0.05) is 0 Å². The van der Waals surface area contributed by atoms with E-state index in [1.54, 1.807) is 30.3 Å². The molecule has 0 aromatic heterocycles. The summed E-state index contributed by atoms with van der Waals surface area (Å²) >= 11 is 0. The molecule has 29 heavy (non-hydrogen) atoms. The fourth-order valence-electron chi connectivity index (χ4n) is 2.59. The first-order valence-electron chi connectivity index (χ1n) is 8.97. The molecule has 0 N–H and O–H groups in total. The van der Waals surface area contributed by atoms with Gasteiger partial charge in [-0.05, 0) is 40.8 Å². The van der Waals surface area contributed by atoms with Gasteiger partial charge in [-0.3, -0.25) is 0 Å². The maximum atomic E-state index is 12.2. The van der Waals surface area contributed by atoms with Crippen LogP contribution in [-0.2, 0) is 19.7 Å². The van der Waals surface area contributed by atoms with E-state index >= 15 is 0 Å². The maximum absolute atomic E-state index is 12.2. The molecule has 0 saturated heterocycles. The van der Waals surface area contributed by atoms with Crippen LogP contribution >= 0.6 is 0 Å². The zero-order chi connectivity index (χ0) is 21.4. The number of esters is 2. The number of para-hydroxylation sites is 1. The van der Waals surface area contributed by atoms with E-state index in [-0.39, 0.29) is 23.3 Å². The second-order valence-electron chi connectivity index (χ2n) is 7.24. The Morgan fingerprint density at radius 3 is 2.48 bits per heavy atom. The molecular weight excluding hydrogens is 370 g/mol. The van der Waals surface area contributed by atoms with Crippen molar-refractivity contribution in [3.8, 4) is 17.6 Å². The number of nitriles is 1. The largest absolute Gasteiger partial charge is 0.482 e. The quantitative estimate of drug-likeness (QED) is 0.319. The van der Waals surface area contributed by atoms with Gasteiger partial charge in [-0.1, -0.05) is 51.1 Å². The van der Waals surface area contributed by atoms with Crippen LogP contribution in [0.15, 0.2) is 54.1 Å². The highest BCUT2D eigenvalue weighted by Gasteiger charge is 2.19. The van der Waals surface area contributed by atoms with Gasteiger partial charge in [-0.15, -0.1) is 0 Å². The number of nitrogens with zero attached hydrogens (tertiary/aromatic N) is 1. The number of hydrogen-bond donors (Lipinski definition) is 0. The lowest BCUT2D eigenvalue weighted by Gasteiger charge is -2.22. The summed E-state index contributed by atoms with van der Waals surface area (Å²) in [4.78, 5) is 23.7. The van der Waals surface area contributed by atoms with Crippen LogP contribution in [0, 0.1) is 11.3 Å². The molecule has 0 aliphatic rings. The molecule has 0 saturated carbocycles. The van der Waals surface area contributed by atoms with E-state index in [4.69, 9.17) is 14.7 Å². The summed E-state index contributed by atoms with van der Waals surface area (Å²) in [7, 11) is 1.20. The van der Waals surface area contributed by atoms with E-state index in [1.165, 1.54) is 13.2 Å². The molecule has 6 heteroatoms. The van der Waals surface area contributed by atoms with Crippen molar-refractivity contribution in [2.45, 2.75) is 26.2 Å². The van der Waals surface area contributed by atoms with Crippen LogP contribution in [0.2, 0.25) is 0 Å². The zero-order valence-electron chi connectivity index (χ0n) is 16.9. The molecule has 2 aromatic carbocycles. The van der Waals surface area contributed by atoms with Gasteiger partial charge in [0.1, 0.15) is 23.1 Å². The van der Waals surface area contributed by atoms with Gasteiger partial charge in [0.25, 0.3) is 0 Å². The molecule has 0 amide bonds. The van der Waals surface area contributed by atoms with Crippen LogP contribution in [0.5, 0.6) is 11.5 Å². The third-order valence-electron chi connectivity index (χ3n) is 3.97. The summed E-state index contributed by atoms with van der Waals surface area (Å²) in [5, 5.41) is 9.04. The summed E-state index contributed by atoms with van der Waals surface area (Å²) in [6, 6.07) is 15.8. The molecule has 0 unspecified atom stereocenters. The molecular formula is C23H23NO5. The Kier molecular flexibility index (Phi) is 7.15. The fraction of sp³-hybridized carbons (Fsp3) is 0.261. The van der Waals surface area contributed by atoms with Crippen molar-refractivity contribution in [1.29, 1.82) is 5.26 Å². The molecule has 0 aliphatic carbocycles. The summed E-state index contributed by atoms with van der Waals surface area (Å²) in [6.07, 6.45) is 1.36. The Labute approximate surface area is 170 Å². The molecule has 0 spiro atoms. The van der Waals surface area contributed by atoms with Crippen LogP contribution in [-0.4, -0.2) is 25.7 Å². The summed E-state index contributed by atoms with van der Waals surface area (Å²) in [5.41, 5.74) is 1.24. The van der Waals surface area contributed by atoms with Crippen LogP contribution in [0.1, 0.15) is 31.9 Å². The summed E-state index contributed by atoms with van der Waals surface area (Å²) in [6.45, 7) is 5.95. The molecule has 150 valence electrons. The molecule has 2 rings (SSSR count). The fourth-order valence-corrected chi connectivity index (χ4v) is 2.59. The monoisotopic (exact) mass is 393 g/mol. The van der Waals surface area contributed by atoms with Crippen LogP contribution in [0.4, 0.5) is 0 Å². The zero-order valence-corrected chi connectivity index (χ0v) is 16.9. The smallest absolute Gasteiger partial charge is 0.349 e. The maximum Gasteiger partial charge on any atom is 0.349 e. The lowest BCUT2D eigenvalue weighted by atomic mass is 9.86. The van der Waals surface area contributed by atoms with Crippen LogP contribution in [0.3, 0.4) is 0 Å². The SMILES string of the molecule is COC(=O)/C(C#N)=C/c1cccc(OC(=O)COc2ccccc2C(C)(C)C)c1. The first-order chi connectivity index (χ1) is 13.7. The predicted molar refractivity (Wildman–Crippen MR) is 108 cm³/mol. The van der Waals surface area contributed by atoms with Gasteiger partial charge >= 0.3 is 11.9 Å². The van der Waals surface area contributed by atoms with E-state index < -0.39 is 11.9 Å². The lowest BCUT2D eigenvalue weighted by Crippen LogP contribution is -2.20. The van der Waals surface area contributed by atoms with Crippen molar-refractivity contribution >= 4 is 18.0 Å². The van der Waals surface area contributed by atoms with Gasteiger partial charge in [0.15, 0.2) is 6.61 Å². The highest BCUT2D eigenvalue weighted by atomic mass is 16.6. The second kappa shape index (κ2) is 9.56. The van der Waals surface area contributed by atoms with Gasteiger partial charge in [-0.25, -0.2) is 9.59 Å². The van der Waals surface area contributed by atoms with E-state index in [0.29, 0.717) is 11.3 Å². The van der Waals surface area contributed by atoms with E-state index in [0.717, 1.165) is 5.56 Å². The molecule has 0 aliphatic heterocycles. The van der Waals surface area contributed by atoms with Crippen molar-refractivity contribution in [2.75, 3.05) is 13.7 Å². The topological polar surface area (TPSA) is 85.6 Å². The van der Waals surface area contributed by atoms with Crippen molar-refractivity contribution in [3.63, 3.8) is 0 Å². The van der Waals surface area contributed by atoms with Crippen molar-refractivity contribution in [3.05, 3.63) is 65.2 Å². The molecule has 0 bridgehead atoms. The van der Waals surface area contributed by atoms with E-state index in [1.807, 2.05) is 24.3 Å². The van der Waals surface area contributed by atoms with E-state index in [9.17, 15) is 9.59 Å². The molecule has 0 radical (unpaired) electrons. The average molecular weight is 393 g/mol. The third kappa shape index (κ3) is 6.22. The minimum absolute atomic E-state index is 0.126. The highest BCUT2D eigenvalue weighted by Crippen LogP contribution is 2.30. The van der Waals surface area contributed by atoms with Crippen LogP contribution in [0.25, 0.3) is 6.08 Å². The van der Waals surface area contributed by atoms with Crippen molar-refractivity contribution in [2.24, 2.45) is 0 Å². The first-order valence-corrected chi connectivity index (χ1v) is 8.97. The summed E-state index contributed by atoms with van der Waals surface area (Å²) < 4.78 is 15.5. The molecule has 0 fully saturated rings. The van der Waals surface area contributed by atoms with Gasteiger partial charge in [0.2, 0.25) is 0 Å². The molecule has 2 aromatic rings. The number of ether oxygens (including phenoxy) is 3. The van der Waals surface area contributed by atoms with Gasteiger partial charge in [0.05, 0.1) is 7.11 Å². The van der Waals surface area contributed by atoms with E-state index in [2.05, 4.69) is 25.5 Å². The Balaban J connectivity index is 2.07. The Bertz CT molecular complexity index is 964. The van der Waals surface area contributed by atoms with Crippen LogP contribution < -0.4 is 9.47 Å². The number of benzene rings is 2. The summed E-state index contributed by atoms with van der Waals surface area (Å²) in [5.74, 6) is -0.395. The predicted octanol–water partition coefficient (Wildman–Crippen LogP) is 4.05. The molecule has 0 atom stereocenters. The minimum Gasteiger partial charge on any atom is -0.482 e. The average Bonchev–Trinajstić information content (AvgIpc) is 2.69. The standard InChI is InChI=1S/C23H23NO5/c1-23(2,3)19-10-5-6-11-20(19)28-15-21(25)29-18-9-7-8-16(13-18)12-17(14-24)22(26)27-4/h5-13H,15H2,1-4H3/b17-12+. The molecule has 6 nitrogen and oxygen atoms in total. The minimum atomic E-state index is -0.735. The number of carbonyl (C=O) groups is 2. The number of rotatable bonds is 6. The lowest BCUT2D eigenvalue weighted by molar-refractivity contribution is -0.137. The second-order valence-corrected chi connectivity index (χ2v) is 7.24. The normalized spacial score (nSPS) is 11.3.